The monoisotopic (exact) mass is 538 g/mol. The zero-order valence-electron chi connectivity index (χ0n) is 21.7. The zero-order valence-corrected chi connectivity index (χ0v) is 22.4. The SMILES string of the molecule is C=C(F)C(=O)NCCNc1nc(OC[C@@H]2CCCN2C)nc2nc(-c3cccc4c3CC(C)C4)c(Cl)cc12. The fourth-order valence-corrected chi connectivity index (χ4v) is 5.55. The minimum atomic E-state index is -1.03. The fourth-order valence-electron chi connectivity index (χ4n) is 5.30. The molecule has 2 N–H and O–H groups in total. The van der Waals surface area contributed by atoms with Crippen LogP contribution in [0.15, 0.2) is 36.7 Å². The fraction of sp³-hybridized carbons (Fsp3) is 0.429. The van der Waals surface area contributed by atoms with Crippen molar-refractivity contribution in [2.75, 3.05) is 38.6 Å². The highest BCUT2D eigenvalue weighted by Gasteiger charge is 2.25. The number of carbonyl (C=O) groups excluding carboxylic acids is 1. The van der Waals surface area contributed by atoms with Gasteiger partial charge in [-0.2, -0.15) is 9.97 Å². The van der Waals surface area contributed by atoms with E-state index in [9.17, 15) is 9.18 Å². The minimum Gasteiger partial charge on any atom is -0.462 e. The molecule has 3 aromatic rings. The van der Waals surface area contributed by atoms with Gasteiger partial charge >= 0.3 is 6.01 Å². The van der Waals surface area contributed by atoms with Gasteiger partial charge in [0.25, 0.3) is 5.91 Å². The van der Waals surface area contributed by atoms with E-state index in [1.807, 2.05) is 12.1 Å². The van der Waals surface area contributed by atoms with E-state index < -0.39 is 11.7 Å². The van der Waals surface area contributed by atoms with Gasteiger partial charge in [-0.3, -0.25) is 4.79 Å². The Labute approximate surface area is 226 Å². The van der Waals surface area contributed by atoms with Gasteiger partial charge in [-0.15, -0.1) is 0 Å². The molecule has 1 unspecified atom stereocenters. The van der Waals surface area contributed by atoms with Crippen molar-refractivity contribution in [2.45, 2.75) is 38.6 Å². The molecule has 1 aliphatic carbocycles. The first kappa shape index (κ1) is 26.3. The molecule has 5 rings (SSSR count). The van der Waals surface area contributed by atoms with E-state index in [1.165, 1.54) is 11.1 Å². The van der Waals surface area contributed by atoms with Crippen LogP contribution in [0.2, 0.25) is 5.02 Å². The van der Waals surface area contributed by atoms with Crippen molar-refractivity contribution >= 4 is 34.4 Å². The lowest BCUT2D eigenvalue weighted by Gasteiger charge is -2.19. The summed E-state index contributed by atoms with van der Waals surface area (Å²) in [6, 6.07) is 8.62. The summed E-state index contributed by atoms with van der Waals surface area (Å²) in [5.41, 5.74) is 4.79. The third kappa shape index (κ3) is 5.59. The lowest BCUT2D eigenvalue weighted by Crippen LogP contribution is -2.31. The topological polar surface area (TPSA) is 92.3 Å². The number of hydrogen-bond acceptors (Lipinski definition) is 7. The van der Waals surface area contributed by atoms with Gasteiger partial charge in [0.15, 0.2) is 11.5 Å². The molecule has 0 radical (unpaired) electrons. The van der Waals surface area contributed by atoms with Gasteiger partial charge in [-0.1, -0.05) is 43.3 Å². The van der Waals surface area contributed by atoms with E-state index in [-0.39, 0.29) is 12.6 Å². The van der Waals surface area contributed by atoms with E-state index in [2.05, 4.69) is 58.2 Å². The van der Waals surface area contributed by atoms with Gasteiger partial charge in [0.05, 0.1) is 16.1 Å². The number of likely N-dealkylation sites (N-methyl/N-ethyl adjacent to an activating group) is 1. The lowest BCUT2D eigenvalue weighted by atomic mass is 10.00. The average molecular weight is 539 g/mol. The smallest absolute Gasteiger partial charge is 0.320 e. The number of anilines is 1. The molecule has 1 aromatic carbocycles. The van der Waals surface area contributed by atoms with Crippen molar-refractivity contribution in [2.24, 2.45) is 5.92 Å². The third-order valence-corrected chi connectivity index (χ3v) is 7.58. The van der Waals surface area contributed by atoms with Crippen LogP contribution in [0, 0.1) is 5.92 Å². The first-order valence-corrected chi connectivity index (χ1v) is 13.4. The van der Waals surface area contributed by atoms with E-state index in [0.717, 1.165) is 37.8 Å². The number of pyridine rings is 1. The van der Waals surface area contributed by atoms with E-state index in [1.54, 1.807) is 0 Å². The summed E-state index contributed by atoms with van der Waals surface area (Å²) in [7, 11) is 2.09. The van der Waals surface area contributed by atoms with Crippen molar-refractivity contribution in [1.82, 2.24) is 25.2 Å². The Morgan fingerprint density at radius 1 is 1.26 bits per heavy atom. The number of halogens is 2. The van der Waals surface area contributed by atoms with E-state index in [4.69, 9.17) is 21.3 Å². The molecule has 1 amide bonds. The molecule has 0 bridgehead atoms. The van der Waals surface area contributed by atoms with Crippen molar-refractivity contribution < 1.29 is 13.9 Å². The van der Waals surface area contributed by atoms with E-state index in [0.29, 0.717) is 52.7 Å². The Hall–Kier alpha value is -3.30. The molecule has 2 atom stereocenters. The molecular weight excluding hydrogens is 507 g/mol. The molecule has 1 saturated heterocycles. The summed E-state index contributed by atoms with van der Waals surface area (Å²) >= 11 is 6.80. The number of benzene rings is 1. The Balaban J connectivity index is 1.47. The van der Waals surface area contributed by atoms with Crippen LogP contribution >= 0.6 is 11.6 Å². The first-order valence-electron chi connectivity index (χ1n) is 13.0. The second-order valence-corrected chi connectivity index (χ2v) is 10.6. The molecule has 1 aliphatic heterocycles. The number of nitrogens with one attached hydrogen (secondary N) is 2. The number of likely N-dealkylation sites (tertiary alicyclic amines) is 1. The van der Waals surface area contributed by atoms with Gasteiger partial charge in [0.2, 0.25) is 0 Å². The number of nitrogens with zero attached hydrogens (tertiary/aromatic N) is 4. The summed E-state index contributed by atoms with van der Waals surface area (Å²) in [5.74, 6) is -0.822. The maximum Gasteiger partial charge on any atom is 0.320 e. The normalized spacial score (nSPS) is 18.9. The first-order chi connectivity index (χ1) is 18.3. The number of hydrogen-bond donors (Lipinski definition) is 2. The van der Waals surface area contributed by atoms with Crippen molar-refractivity contribution in [1.29, 1.82) is 0 Å². The Morgan fingerprint density at radius 3 is 2.87 bits per heavy atom. The number of fused-ring (bicyclic) bond motifs is 2. The van der Waals surface area contributed by atoms with Gasteiger partial charge in [-0.05, 0) is 62.4 Å². The predicted molar refractivity (Wildman–Crippen MR) is 147 cm³/mol. The van der Waals surface area contributed by atoms with Crippen molar-refractivity contribution in [3.63, 3.8) is 0 Å². The van der Waals surface area contributed by atoms with Gasteiger partial charge in [0, 0.05) is 24.7 Å². The molecule has 10 heteroatoms. The molecule has 2 aromatic heterocycles. The van der Waals surface area contributed by atoms with Crippen LogP contribution in [-0.4, -0.2) is 65.1 Å². The largest absolute Gasteiger partial charge is 0.462 e. The molecule has 38 heavy (non-hydrogen) atoms. The Bertz CT molecular complexity index is 1380. The molecule has 0 saturated carbocycles. The van der Waals surface area contributed by atoms with Crippen LogP contribution in [0.5, 0.6) is 6.01 Å². The maximum absolute atomic E-state index is 13.0. The van der Waals surface area contributed by atoms with Gasteiger partial charge in [-0.25, -0.2) is 9.37 Å². The zero-order chi connectivity index (χ0) is 26.8. The van der Waals surface area contributed by atoms with Crippen LogP contribution < -0.4 is 15.4 Å². The second kappa shape index (κ2) is 11.2. The summed E-state index contributed by atoms with van der Waals surface area (Å²) in [6.07, 6.45) is 4.23. The average Bonchev–Trinajstić information content (AvgIpc) is 3.48. The van der Waals surface area contributed by atoms with Gasteiger partial charge < -0.3 is 20.3 Å². The van der Waals surface area contributed by atoms with Gasteiger partial charge in [0.1, 0.15) is 12.4 Å². The summed E-state index contributed by atoms with van der Waals surface area (Å²) < 4.78 is 19.0. The highest BCUT2D eigenvalue weighted by molar-refractivity contribution is 6.34. The second-order valence-electron chi connectivity index (χ2n) is 10.2. The highest BCUT2D eigenvalue weighted by Crippen LogP contribution is 2.38. The highest BCUT2D eigenvalue weighted by atomic mass is 35.5. The molecule has 1 fully saturated rings. The number of carbonyl (C=O) groups is 1. The Morgan fingerprint density at radius 2 is 2.11 bits per heavy atom. The number of amides is 1. The van der Waals surface area contributed by atoms with E-state index >= 15 is 0 Å². The van der Waals surface area contributed by atoms with Crippen molar-refractivity contribution in [3.8, 4) is 17.3 Å². The predicted octanol–water partition coefficient (Wildman–Crippen LogP) is 4.56. The lowest BCUT2D eigenvalue weighted by molar-refractivity contribution is -0.118. The van der Waals surface area contributed by atoms with Crippen LogP contribution in [0.25, 0.3) is 22.3 Å². The molecule has 3 heterocycles. The molecule has 0 spiro atoms. The van der Waals surface area contributed by atoms with Crippen LogP contribution in [0.3, 0.4) is 0 Å². The molecule has 8 nitrogen and oxygen atoms in total. The Kier molecular flexibility index (Phi) is 7.76. The van der Waals surface area contributed by atoms with Crippen molar-refractivity contribution in [3.05, 3.63) is 52.8 Å². The standard InChI is InChI=1S/C28H32ClFN6O2/c1-16-12-18-6-4-8-20(21(18)13-16)24-23(29)14-22-25(31-9-10-32-27(37)17(2)30)34-28(35-26(22)33-24)38-15-19-7-5-11-36(19)3/h4,6,8,14,16,19H,2,5,7,9-13,15H2,1,3H3,(H,32,37)(H,31,33,34,35)/t16?,19-/m0/s1. The molecular formula is C28H32ClFN6O2. The summed E-state index contributed by atoms with van der Waals surface area (Å²) in [5, 5.41) is 6.77. The quantitative estimate of drug-likeness (QED) is 0.305. The third-order valence-electron chi connectivity index (χ3n) is 7.29. The number of aromatic nitrogens is 3. The molecule has 2 aliphatic rings. The van der Waals surface area contributed by atoms with Crippen LogP contribution in [0.1, 0.15) is 30.9 Å². The number of rotatable bonds is 9. The van der Waals surface area contributed by atoms with Crippen LogP contribution in [-0.2, 0) is 17.6 Å². The summed E-state index contributed by atoms with van der Waals surface area (Å²) in [6.45, 7) is 7.24. The summed E-state index contributed by atoms with van der Waals surface area (Å²) in [4.78, 5) is 27.9. The maximum atomic E-state index is 13.0. The number of ether oxygens (including phenoxy) is 1. The molecule has 200 valence electrons. The minimum absolute atomic E-state index is 0.171. The van der Waals surface area contributed by atoms with Crippen LogP contribution in [0.4, 0.5) is 10.2 Å².